The van der Waals surface area contributed by atoms with Crippen molar-refractivity contribution in [2.24, 2.45) is 0 Å². The van der Waals surface area contributed by atoms with Crippen molar-refractivity contribution in [2.45, 2.75) is 31.0 Å². The predicted molar refractivity (Wildman–Crippen MR) is 74.5 cm³/mol. The van der Waals surface area contributed by atoms with Gasteiger partial charge < -0.3 is 0 Å². The van der Waals surface area contributed by atoms with Gasteiger partial charge in [0.1, 0.15) is 10.5 Å². The summed E-state index contributed by atoms with van der Waals surface area (Å²) < 4.78 is 27.0. The molecule has 7 heteroatoms. The number of aromatic nitrogens is 2. The first-order chi connectivity index (χ1) is 9.01. The van der Waals surface area contributed by atoms with E-state index in [-0.39, 0.29) is 6.54 Å². The van der Waals surface area contributed by atoms with Gasteiger partial charge in [0.05, 0.1) is 12.2 Å². The van der Waals surface area contributed by atoms with E-state index in [2.05, 4.69) is 14.7 Å². The Labute approximate surface area is 116 Å². The molecule has 0 aliphatic carbocycles. The molecular weight excluding hydrogens is 282 g/mol. The summed E-state index contributed by atoms with van der Waals surface area (Å²) in [6.45, 7) is 4.01. The standard InChI is InChI=1S/C12H15N3O2S2/c1-3-11-4-5-12(18-11)19(16,17)15-7-10-6-9(2)13-8-14-10/h4-6,8,15H,3,7H2,1-2H3. The van der Waals surface area contributed by atoms with Crippen LogP contribution in [0.2, 0.25) is 0 Å². The van der Waals surface area contributed by atoms with Gasteiger partial charge in [-0.2, -0.15) is 0 Å². The third-order valence-electron chi connectivity index (χ3n) is 2.55. The van der Waals surface area contributed by atoms with Gasteiger partial charge in [-0.3, -0.25) is 0 Å². The van der Waals surface area contributed by atoms with Crippen LogP contribution < -0.4 is 4.72 Å². The van der Waals surface area contributed by atoms with E-state index in [1.165, 1.54) is 17.7 Å². The molecule has 5 nitrogen and oxygen atoms in total. The first-order valence-electron chi connectivity index (χ1n) is 5.87. The highest BCUT2D eigenvalue weighted by molar-refractivity contribution is 7.91. The lowest BCUT2D eigenvalue weighted by Gasteiger charge is -2.04. The third-order valence-corrected chi connectivity index (χ3v) is 5.68. The first kappa shape index (κ1) is 14.1. The zero-order valence-corrected chi connectivity index (χ0v) is 12.4. The molecule has 0 amide bonds. The predicted octanol–water partition coefficient (Wildman–Crippen LogP) is 1.89. The lowest BCUT2D eigenvalue weighted by Crippen LogP contribution is -2.23. The van der Waals surface area contributed by atoms with Crippen LogP contribution in [-0.4, -0.2) is 18.4 Å². The molecule has 0 aromatic carbocycles. The molecule has 0 saturated heterocycles. The van der Waals surface area contributed by atoms with Crippen molar-refractivity contribution < 1.29 is 8.42 Å². The van der Waals surface area contributed by atoms with Crippen LogP contribution in [0.25, 0.3) is 0 Å². The van der Waals surface area contributed by atoms with Crippen LogP contribution in [0, 0.1) is 6.92 Å². The van der Waals surface area contributed by atoms with E-state index >= 15 is 0 Å². The summed E-state index contributed by atoms with van der Waals surface area (Å²) >= 11 is 1.29. The van der Waals surface area contributed by atoms with Gasteiger partial charge in [0.2, 0.25) is 10.0 Å². The molecule has 2 aromatic heterocycles. The summed E-state index contributed by atoms with van der Waals surface area (Å²) in [5.41, 5.74) is 1.47. The second-order valence-corrected chi connectivity index (χ2v) is 7.21. The molecule has 0 bridgehead atoms. The fourth-order valence-electron chi connectivity index (χ4n) is 1.54. The molecule has 0 unspecified atom stereocenters. The number of thiophene rings is 1. The zero-order valence-electron chi connectivity index (χ0n) is 10.8. The normalized spacial score (nSPS) is 11.7. The molecular formula is C12H15N3O2S2. The summed E-state index contributed by atoms with van der Waals surface area (Å²) in [5, 5.41) is 0. The average Bonchev–Trinajstić information content (AvgIpc) is 2.86. The molecule has 0 aliphatic rings. The first-order valence-corrected chi connectivity index (χ1v) is 8.17. The van der Waals surface area contributed by atoms with Crippen molar-refractivity contribution >= 4 is 21.4 Å². The van der Waals surface area contributed by atoms with E-state index in [1.807, 2.05) is 19.9 Å². The summed E-state index contributed by atoms with van der Waals surface area (Å²) in [6, 6.07) is 5.24. The van der Waals surface area contributed by atoms with Crippen LogP contribution in [0.15, 0.2) is 28.7 Å². The van der Waals surface area contributed by atoms with Gasteiger partial charge in [-0.25, -0.2) is 23.1 Å². The van der Waals surface area contributed by atoms with Gasteiger partial charge in [0.15, 0.2) is 0 Å². The lowest BCUT2D eigenvalue weighted by molar-refractivity contribution is 0.582. The number of sulfonamides is 1. The molecule has 0 fully saturated rings. The maximum absolute atomic E-state index is 12.1. The van der Waals surface area contributed by atoms with E-state index in [9.17, 15) is 8.42 Å². The fourth-order valence-corrected chi connectivity index (χ4v) is 3.88. The van der Waals surface area contributed by atoms with Gasteiger partial charge in [0, 0.05) is 10.6 Å². The Morgan fingerprint density at radius 3 is 2.74 bits per heavy atom. The third kappa shape index (κ3) is 3.59. The van der Waals surface area contributed by atoms with E-state index < -0.39 is 10.0 Å². The van der Waals surface area contributed by atoms with E-state index in [0.29, 0.717) is 9.90 Å². The monoisotopic (exact) mass is 297 g/mol. The maximum Gasteiger partial charge on any atom is 0.250 e. The Morgan fingerprint density at radius 2 is 2.11 bits per heavy atom. The van der Waals surface area contributed by atoms with Crippen LogP contribution in [0.5, 0.6) is 0 Å². The molecule has 0 radical (unpaired) electrons. The topological polar surface area (TPSA) is 72.0 Å². The lowest BCUT2D eigenvalue weighted by atomic mass is 10.3. The van der Waals surface area contributed by atoms with Crippen molar-refractivity contribution in [1.82, 2.24) is 14.7 Å². The van der Waals surface area contributed by atoms with Crippen molar-refractivity contribution in [1.29, 1.82) is 0 Å². The van der Waals surface area contributed by atoms with Gasteiger partial charge in [0.25, 0.3) is 0 Å². The van der Waals surface area contributed by atoms with Crippen LogP contribution in [-0.2, 0) is 23.0 Å². The number of nitrogens with one attached hydrogen (secondary N) is 1. The van der Waals surface area contributed by atoms with Crippen LogP contribution in [0.4, 0.5) is 0 Å². The average molecular weight is 297 g/mol. The second kappa shape index (κ2) is 5.77. The Bertz CT molecular complexity index is 665. The molecule has 0 spiro atoms. The SMILES string of the molecule is CCc1ccc(S(=O)(=O)NCc2cc(C)ncn2)s1. The number of rotatable bonds is 5. The molecule has 0 atom stereocenters. The minimum Gasteiger partial charge on any atom is -0.242 e. The second-order valence-electron chi connectivity index (χ2n) is 4.05. The highest BCUT2D eigenvalue weighted by Crippen LogP contribution is 2.21. The summed E-state index contributed by atoms with van der Waals surface area (Å²) in [7, 11) is -3.45. The molecule has 2 heterocycles. The number of hydrogen-bond acceptors (Lipinski definition) is 5. The van der Waals surface area contributed by atoms with Gasteiger partial charge in [-0.15, -0.1) is 11.3 Å². The number of aryl methyl sites for hydroxylation is 2. The smallest absolute Gasteiger partial charge is 0.242 e. The maximum atomic E-state index is 12.1. The largest absolute Gasteiger partial charge is 0.250 e. The van der Waals surface area contributed by atoms with E-state index in [0.717, 1.165) is 17.0 Å². The summed E-state index contributed by atoms with van der Waals surface area (Å²) in [6.07, 6.45) is 2.27. The minimum absolute atomic E-state index is 0.172. The highest BCUT2D eigenvalue weighted by atomic mass is 32.2. The van der Waals surface area contributed by atoms with Crippen LogP contribution in [0.3, 0.4) is 0 Å². The summed E-state index contributed by atoms with van der Waals surface area (Å²) in [5.74, 6) is 0. The fraction of sp³-hybridized carbons (Fsp3) is 0.333. The summed E-state index contributed by atoms with van der Waals surface area (Å²) in [4.78, 5) is 9.05. The zero-order chi connectivity index (χ0) is 13.9. The minimum atomic E-state index is -3.45. The van der Waals surface area contributed by atoms with Crippen LogP contribution >= 0.6 is 11.3 Å². The Balaban J connectivity index is 2.09. The van der Waals surface area contributed by atoms with Crippen molar-refractivity contribution in [2.75, 3.05) is 0 Å². The Kier molecular flexibility index (Phi) is 4.28. The molecule has 2 aromatic rings. The van der Waals surface area contributed by atoms with Crippen molar-refractivity contribution in [3.8, 4) is 0 Å². The van der Waals surface area contributed by atoms with Crippen molar-refractivity contribution in [3.63, 3.8) is 0 Å². The quantitative estimate of drug-likeness (QED) is 0.914. The van der Waals surface area contributed by atoms with E-state index in [1.54, 1.807) is 12.1 Å². The number of nitrogens with zero attached hydrogens (tertiary/aromatic N) is 2. The Hall–Kier alpha value is -1.31. The van der Waals surface area contributed by atoms with E-state index in [4.69, 9.17) is 0 Å². The van der Waals surface area contributed by atoms with Crippen LogP contribution in [0.1, 0.15) is 23.2 Å². The molecule has 102 valence electrons. The highest BCUT2D eigenvalue weighted by Gasteiger charge is 2.16. The molecule has 0 saturated carbocycles. The van der Waals surface area contributed by atoms with Crippen molar-refractivity contribution in [3.05, 3.63) is 40.8 Å². The van der Waals surface area contributed by atoms with Gasteiger partial charge in [-0.1, -0.05) is 6.92 Å². The Morgan fingerprint density at radius 1 is 1.32 bits per heavy atom. The van der Waals surface area contributed by atoms with Gasteiger partial charge >= 0.3 is 0 Å². The molecule has 2 rings (SSSR count). The number of hydrogen-bond donors (Lipinski definition) is 1. The molecule has 0 aliphatic heterocycles. The van der Waals surface area contributed by atoms with Gasteiger partial charge in [-0.05, 0) is 31.5 Å². The molecule has 1 N–H and O–H groups in total. The molecule has 19 heavy (non-hydrogen) atoms.